The van der Waals surface area contributed by atoms with E-state index in [0.29, 0.717) is 6.20 Å². The van der Waals surface area contributed by atoms with Gasteiger partial charge >= 0.3 is 6.18 Å². The van der Waals surface area contributed by atoms with Gasteiger partial charge in [0.25, 0.3) is 5.69 Å². The van der Waals surface area contributed by atoms with Gasteiger partial charge < -0.3 is 0 Å². The molecule has 0 aromatic carbocycles. The fraction of sp³-hybridized carbons (Fsp3) is 0.286. The zero-order valence-corrected chi connectivity index (χ0v) is 8.67. The van der Waals surface area contributed by atoms with Crippen LogP contribution in [0.3, 0.4) is 0 Å². The molecule has 0 unspecified atom stereocenters. The molecule has 0 spiro atoms. The number of nitrogens with zero attached hydrogens (tertiary/aromatic N) is 2. The Morgan fingerprint density at radius 3 is 2.53 bits per heavy atom. The molecular formula is C7H4BrF3N2O2. The van der Waals surface area contributed by atoms with Crippen LogP contribution >= 0.6 is 15.9 Å². The molecule has 82 valence electrons. The Bertz CT molecular complexity index is 394. The summed E-state index contributed by atoms with van der Waals surface area (Å²) in [5, 5.41) is 10.6. The topological polar surface area (TPSA) is 56.0 Å². The summed E-state index contributed by atoms with van der Waals surface area (Å²) in [5.74, 6) is 0. The van der Waals surface area contributed by atoms with Gasteiger partial charge in [0, 0.05) is 17.6 Å². The summed E-state index contributed by atoms with van der Waals surface area (Å²) in [6.45, 7) is 0. The van der Waals surface area contributed by atoms with E-state index in [4.69, 9.17) is 0 Å². The van der Waals surface area contributed by atoms with E-state index >= 15 is 0 Å². The molecular weight excluding hydrogens is 281 g/mol. The fourth-order valence-electron chi connectivity index (χ4n) is 0.929. The lowest BCUT2D eigenvalue weighted by Crippen LogP contribution is -2.10. The summed E-state index contributed by atoms with van der Waals surface area (Å²) in [6.07, 6.45) is -4.30. The Labute approximate surface area is 90.4 Å². The normalized spacial score (nSPS) is 11.5. The second kappa shape index (κ2) is 4.13. The third-order valence-corrected chi connectivity index (χ3v) is 2.15. The molecule has 1 aromatic heterocycles. The van der Waals surface area contributed by atoms with Crippen molar-refractivity contribution in [3.8, 4) is 0 Å². The van der Waals surface area contributed by atoms with Crippen LogP contribution in [0.15, 0.2) is 12.3 Å². The highest BCUT2D eigenvalue weighted by molar-refractivity contribution is 9.08. The average molecular weight is 285 g/mol. The van der Waals surface area contributed by atoms with Gasteiger partial charge in [-0.25, -0.2) is 0 Å². The zero-order valence-electron chi connectivity index (χ0n) is 7.08. The van der Waals surface area contributed by atoms with Gasteiger partial charge in [-0.2, -0.15) is 13.2 Å². The molecule has 0 aliphatic carbocycles. The van der Waals surface area contributed by atoms with E-state index in [-0.39, 0.29) is 11.0 Å². The van der Waals surface area contributed by atoms with Crippen LogP contribution in [0.1, 0.15) is 11.3 Å². The van der Waals surface area contributed by atoms with E-state index in [0.717, 1.165) is 6.07 Å². The maximum atomic E-state index is 12.3. The summed E-state index contributed by atoms with van der Waals surface area (Å²) in [5.41, 5.74) is -2.14. The number of aromatic nitrogens is 1. The molecule has 0 N–H and O–H groups in total. The number of alkyl halides is 4. The maximum absolute atomic E-state index is 12.3. The third kappa shape index (κ3) is 2.65. The lowest BCUT2D eigenvalue weighted by Gasteiger charge is -2.07. The first-order chi connectivity index (χ1) is 6.86. The summed E-state index contributed by atoms with van der Waals surface area (Å²) in [6, 6.07) is 0.803. The van der Waals surface area contributed by atoms with Crippen LogP contribution in [0.4, 0.5) is 18.9 Å². The molecule has 0 aliphatic heterocycles. The Morgan fingerprint density at radius 1 is 1.53 bits per heavy atom. The number of pyridine rings is 1. The summed E-state index contributed by atoms with van der Waals surface area (Å²) < 4.78 is 36.9. The molecule has 4 nitrogen and oxygen atoms in total. The van der Waals surface area contributed by atoms with Gasteiger partial charge in [-0.3, -0.25) is 15.1 Å². The first-order valence-corrected chi connectivity index (χ1v) is 4.75. The predicted octanol–water partition coefficient (Wildman–Crippen LogP) is 2.90. The van der Waals surface area contributed by atoms with Gasteiger partial charge in [-0.1, -0.05) is 15.9 Å². The van der Waals surface area contributed by atoms with E-state index in [1.54, 1.807) is 0 Å². The summed E-state index contributed by atoms with van der Waals surface area (Å²) >= 11 is 2.95. The van der Waals surface area contributed by atoms with Crippen molar-refractivity contribution in [2.45, 2.75) is 11.5 Å². The Morgan fingerprint density at radius 2 is 2.13 bits per heavy atom. The molecule has 1 heterocycles. The molecule has 1 aromatic rings. The van der Waals surface area contributed by atoms with E-state index in [9.17, 15) is 23.3 Å². The molecule has 0 saturated heterocycles. The molecule has 0 aliphatic rings. The van der Waals surface area contributed by atoms with Crippen LogP contribution < -0.4 is 0 Å². The highest BCUT2D eigenvalue weighted by atomic mass is 79.9. The van der Waals surface area contributed by atoms with Gasteiger partial charge in [0.1, 0.15) is 0 Å². The Balaban J connectivity index is 3.34. The van der Waals surface area contributed by atoms with Crippen molar-refractivity contribution in [3.05, 3.63) is 33.6 Å². The van der Waals surface area contributed by atoms with E-state index in [2.05, 4.69) is 20.9 Å². The van der Waals surface area contributed by atoms with E-state index < -0.39 is 22.4 Å². The van der Waals surface area contributed by atoms with Crippen molar-refractivity contribution in [1.82, 2.24) is 4.98 Å². The molecule has 0 atom stereocenters. The van der Waals surface area contributed by atoms with Crippen LogP contribution in [0.2, 0.25) is 0 Å². The lowest BCUT2D eigenvalue weighted by atomic mass is 10.2. The van der Waals surface area contributed by atoms with Crippen molar-refractivity contribution >= 4 is 21.6 Å². The van der Waals surface area contributed by atoms with Crippen molar-refractivity contribution in [2.24, 2.45) is 0 Å². The van der Waals surface area contributed by atoms with E-state index in [1.807, 2.05) is 0 Å². The quantitative estimate of drug-likeness (QED) is 0.477. The minimum absolute atomic E-state index is 0.159. The minimum Gasteiger partial charge on any atom is -0.259 e. The number of hydrogen-bond donors (Lipinski definition) is 0. The van der Waals surface area contributed by atoms with Crippen molar-refractivity contribution < 1.29 is 18.1 Å². The smallest absolute Gasteiger partial charge is 0.259 e. The lowest BCUT2D eigenvalue weighted by molar-refractivity contribution is -0.388. The number of nitro groups is 1. The SMILES string of the molecule is O=[N+]([O-])c1cc(CBr)ncc1C(F)(F)F. The van der Waals surface area contributed by atoms with Gasteiger partial charge in [-0.15, -0.1) is 0 Å². The molecule has 0 bridgehead atoms. The number of halogens is 4. The second-order valence-electron chi connectivity index (χ2n) is 2.58. The van der Waals surface area contributed by atoms with Crippen LogP contribution in [-0.4, -0.2) is 9.91 Å². The Kier molecular flexibility index (Phi) is 3.28. The number of rotatable bonds is 2. The molecule has 0 saturated carbocycles. The number of hydrogen-bond acceptors (Lipinski definition) is 3. The van der Waals surface area contributed by atoms with Gasteiger partial charge in [0.15, 0.2) is 5.56 Å². The van der Waals surface area contributed by atoms with Crippen LogP contribution in [-0.2, 0) is 11.5 Å². The third-order valence-electron chi connectivity index (χ3n) is 1.58. The highest BCUT2D eigenvalue weighted by Crippen LogP contribution is 2.35. The molecule has 8 heteroatoms. The maximum Gasteiger partial charge on any atom is 0.424 e. The zero-order chi connectivity index (χ0) is 11.6. The second-order valence-corrected chi connectivity index (χ2v) is 3.14. The molecule has 0 amide bonds. The largest absolute Gasteiger partial charge is 0.424 e. The minimum atomic E-state index is -4.76. The first kappa shape index (κ1) is 11.9. The molecule has 1 rings (SSSR count). The Hall–Kier alpha value is -1.18. The average Bonchev–Trinajstić information content (AvgIpc) is 2.15. The van der Waals surface area contributed by atoms with Gasteiger partial charge in [0.2, 0.25) is 0 Å². The van der Waals surface area contributed by atoms with Gasteiger partial charge in [0.05, 0.1) is 10.6 Å². The predicted molar refractivity (Wildman–Crippen MR) is 48.5 cm³/mol. The monoisotopic (exact) mass is 284 g/mol. The molecule has 15 heavy (non-hydrogen) atoms. The van der Waals surface area contributed by atoms with Crippen LogP contribution in [0.5, 0.6) is 0 Å². The van der Waals surface area contributed by atoms with Gasteiger partial charge in [-0.05, 0) is 0 Å². The molecule has 0 fully saturated rings. The first-order valence-electron chi connectivity index (χ1n) is 3.62. The standard InChI is InChI=1S/C7H4BrF3N2O2/c8-2-4-1-6(13(14)15)5(3-12-4)7(9,10)11/h1,3H,2H2. The van der Waals surface area contributed by atoms with Crippen LogP contribution in [0.25, 0.3) is 0 Å². The van der Waals surface area contributed by atoms with Crippen LogP contribution in [0, 0.1) is 10.1 Å². The highest BCUT2D eigenvalue weighted by Gasteiger charge is 2.38. The van der Waals surface area contributed by atoms with E-state index in [1.165, 1.54) is 0 Å². The molecule has 0 radical (unpaired) electrons. The van der Waals surface area contributed by atoms with Crippen molar-refractivity contribution in [1.29, 1.82) is 0 Å². The summed E-state index contributed by atoms with van der Waals surface area (Å²) in [4.78, 5) is 12.8. The van der Waals surface area contributed by atoms with Crippen molar-refractivity contribution in [3.63, 3.8) is 0 Å². The fourth-order valence-corrected chi connectivity index (χ4v) is 1.24. The summed E-state index contributed by atoms with van der Waals surface area (Å²) in [7, 11) is 0. The van der Waals surface area contributed by atoms with Crippen molar-refractivity contribution in [2.75, 3.05) is 0 Å².